The Morgan fingerprint density at radius 1 is 0.613 bits per heavy atom. The average molecular weight is 878 g/mol. The van der Waals surface area contributed by atoms with Crippen LogP contribution in [0, 0.1) is 0 Å². The molecular formula is C52H95NO9. The molecular weight excluding hydrogens is 783 g/mol. The topological polar surface area (TPSA) is 169 Å². The third kappa shape index (κ3) is 30.3. The van der Waals surface area contributed by atoms with E-state index in [0.717, 1.165) is 32.1 Å². The van der Waals surface area contributed by atoms with E-state index in [1.165, 1.54) is 147 Å². The van der Waals surface area contributed by atoms with Crippen molar-refractivity contribution in [2.75, 3.05) is 13.2 Å². The molecule has 7 N–H and O–H groups in total. The van der Waals surface area contributed by atoms with Crippen molar-refractivity contribution in [1.29, 1.82) is 0 Å². The molecule has 1 rings (SSSR count). The zero-order chi connectivity index (χ0) is 45.5. The zero-order valence-electron chi connectivity index (χ0n) is 39.7. The first-order chi connectivity index (χ1) is 30.2. The number of hydrogen-bond acceptors (Lipinski definition) is 9. The minimum atomic E-state index is -1.62. The fourth-order valence-electron chi connectivity index (χ4n) is 7.84. The first-order valence-corrected chi connectivity index (χ1v) is 25.4. The van der Waals surface area contributed by atoms with Gasteiger partial charge in [0.2, 0.25) is 5.91 Å². The van der Waals surface area contributed by atoms with E-state index in [2.05, 4.69) is 56.5 Å². The molecule has 0 aliphatic carbocycles. The van der Waals surface area contributed by atoms with Crippen LogP contribution in [0.1, 0.15) is 213 Å². The van der Waals surface area contributed by atoms with Gasteiger partial charge in [-0.05, 0) is 64.7 Å². The first kappa shape index (κ1) is 58.1. The van der Waals surface area contributed by atoms with Crippen LogP contribution in [-0.2, 0) is 14.3 Å². The molecule has 1 aliphatic heterocycles. The molecule has 1 amide bonds. The van der Waals surface area contributed by atoms with E-state index in [1.807, 2.05) is 6.08 Å². The molecule has 0 aromatic rings. The van der Waals surface area contributed by atoms with Crippen LogP contribution in [0.2, 0.25) is 0 Å². The fourth-order valence-corrected chi connectivity index (χ4v) is 7.84. The third-order valence-corrected chi connectivity index (χ3v) is 12.1. The van der Waals surface area contributed by atoms with Gasteiger partial charge in [0.25, 0.3) is 0 Å². The van der Waals surface area contributed by atoms with Crippen LogP contribution >= 0.6 is 0 Å². The summed E-state index contributed by atoms with van der Waals surface area (Å²) in [6.07, 6.45) is 40.3. The highest BCUT2D eigenvalue weighted by Gasteiger charge is 2.44. The number of rotatable bonds is 41. The molecule has 0 spiro atoms. The molecule has 8 unspecified atom stereocenters. The maximum Gasteiger partial charge on any atom is 0.249 e. The molecule has 8 atom stereocenters. The van der Waals surface area contributed by atoms with Crippen molar-refractivity contribution in [2.45, 2.75) is 262 Å². The fraction of sp³-hybridized carbons (Fsp3) is 0.827. The Bertz CT molecular complexity index is 1160. The van der Waals surface area contributed by atoms with Crippen LogP contribution in [0.25, 0.3) is 0 Å². The second-order valence-electron chi connectivity index (χ2n) is 17.9. The Morgan fingerprint density at radius 2 is 1.10 bits per heavy atom. The molecule has 10 heteroatoms. The van der Waals surface area contributed by atoms with Crippen molar-refractivity contribution in [3.63, 3.8) is 0 Å². The van der Waals surface area contributed by atoms with E-state index in [4.69, 9.17) is 9.47 Å². The van der Waals surface area contributed by atoms with Crippen LogP contribution in [0.4, 0.5) is 0 Å². The maximum absolute atomic E-state index is 13.1. The number of allylic oxidation sites excluding steroid dienone is 7. The summed E-state index contributed by atoms with van der Waals surface area (Å²) in [5.74, 6) is -0.633. The van der Waals surface area contributed by atoms with Gasteiger partial charge in [-0.3, -0.25) is 4.79 Å². The van der Waals surface area contributed by atoms with Crippen LogP contribution in [0.3, 0.4) is 0 Å². The standard InChI is InChI=1S/C52H95NO9/c1-4-6-8-10-12-13-14-15-16-17-18-19-20-21-22-23-24-25-26-27-29-31-35-40-46(56)51(60)53-44(42-61-52-50(59)49(58)48(57)47(41-54)62-52)45(55)39-36-32-34-38-43(3)37-33-30-28-11-9-7-5-2/h13-14,33,36-39,44-50,52,54-59H,4-12,15-32,34-35,40-42H2,1-3H3,(H,53,60). The van der Waals surface area contributed by atoms with Crippen LogP contribution < -0.4 is 5.32 Å². The summed E-state index contributed by atoms with van der Waals surface area (Å²) in [6.45, 7) is 5.62. The van der Waals surface area contributed by atoms with Gasteiger partial charge in [0.05, 0.1) is 25.4 Å². The number of ether oxygens (including phenoxy) is 2. The first-order valence-electron chi connectivity index (χ1n) is 25.4. The highest BCUT2D eigenvalue weighted by Crippen LogP contribution is 2.23. The van der Waals surface area contributed by atoms with Crippen LogP contribution in [0.15, 0.2) is 48.1 Å². The van der Waals surface area contributed by atoms with E-state index >= 15 is 0 Å². The molecule has 1 fully saturated rings. The molecule has 1 saturated heterocycles. The van der Waals surface area contributed by atoms with E-state index in [1.54, 1.807) is 6.08 Å². The number of aliphatic hydroxyl groups is 6. The van der Waals surface area contributed by atoms with Crippen LogP contribution in [0.5, 0.6) is 0 Å². The minimum absolute atomic E-state index is 0.299. The molecule has 1 heterocycles. The van der Waals surface area contributed by atoms with E-state index in [9.17, 15) is 35.4 Å². The lowest BCUT2D eigenvalue weighted by Gasteiger charge is -2.40. The third-order valence-electron chi connectivity index (χ3n) is 12.1. The SMILES string of the molecule is CCCCCCC=CCCCCCCCCCCCCCCCCCC(O)C(=O)NC(COC1OC(CO)C(O)C(O)C1O)C(O)C=CCCC=C(C)C=CCCCCCCC. The normalized spacial score (nSPS) is 21.4. The molecule has 362 valence electrons. The number of amides is 1. The van der Waals surface area contributed by atoms with Crippen molar-refractivity contribution in [3.05, 3.63) is 48.1 Å². The second-order valence-corrected chi connectivity index (χ2v) is 17.9. The Morgan fingerprint density at radius 3 is 1.63 bits per heavy atom. The van der Waals surface area contributed by atoms with E-state index in [-0.39, 0.29) is 6.61 Å². The Labute approximate surface area is 378 Å². The zero-order valence-corrected chi connectivity index (χ0v) is 39.7. The summed E-state index contributed by atoms with van der Waals surface area (Å²) < 4.78 is 11.1. The van der Waals surface area contributed by atoms with Crippen molar-refractivity contribution in [3.8, 4) is 0 Å². The van der Waals surface area contributed by atoms with Crippen LogP contribution in [-0.4, -0.2) is 98.7 Å². The van der Waals surface area contributed by atoms with Gasteiger partial charge in [-0.25, -0.2) is 0 Å². The number of carbonyl (C=O) groups excluding carboxylic acids is 1. The second kappa shape index (κ2) is 40.6. The Balaban J connectivity index is 2.37. The highest BCUT2D eigenvalue weighted by atomic mass is 16.7. The number of nitrogens with one attached hydrogen (secondary N) is 1. The molecule has 10 nitrogen and oxygen atoms in total. The molecule has 1 aliphatic rings. The smallest absolute Gasteiger partial charge is 0.249 e. The van der Waals surface area contributed by atoms with Gasteiger partial charge in [-0.15, -0.1) is 0 Å². The van der Waals surface area contributed by atoms with Crippen molar-refractivity contribution < 1.29 is 44.9 Å². The van der Waals surface area contributed by atoms with Gasteiger partial charge >= 0.3 is 0 Å². The van der Waals surface area contributed by atoms with Gasteiger partial charge < -0.3 is 45.4 Å². The Kier molecular flexibility index (Phi) is 38.1. The van der Waals surface area contributed by atoms with Crippen molar-refractivity contribution >= 4 is 5.91 Å². The lowest BCUT2D eigenvalue weighted by Crippen LogP contribution is -2.60. The summed E-state index contributed by atoms with van der Waals surface area (Å²) >= 11 is 0. The average Bonchev–Trinajstić information content (AvgIpc) is 3.27. The lowest BCUT2D eigenvalue weighted by atomic mass is 9.99. The molecule has 0 radical (unpaired) electrons. The summed E-state index contributed by atoms with van der Waals surface area (Å²) in [5, 5.41) is 64.8. The maximum atomic E-state index is 13.1. The number of carbonyl (C=O) groups is 1. The summed E-state index contributed by atoms with van der Waals surface area (Å²) in [6, 6.07) is -1.01. The largest absolute Gasteiger partial charge is 0.394 e. The van der Waals surface area contributed by atoms with Gasteiger partial charge in [0.15, 0.2) is 6.29 Å². The number of aliphatic hydroxyl groups excluding tert-OH is 6. The molecule has 62 heavy (non-hydrogen) atoms. The van der Waals surface area contributed by atoms with E-state index in [0.29, 0.717) is 19.3 Å². The van der Waals surface area contributed by atoms with Gasteiger partial charge in [0, 0.05) is 0 Å². The molecule has 0 aromatic heterocycles. The highest BCUT2D eigenvalue weighted by molar-refractivity contribution is 5.80. The molecule has 0 saturated carbocycles. The lowest BCUT2D eigenvalue weighted by molar-refractivity contribution is -0.302. The quantitative estimate of drug-likeness (QED) is 0.0180. The molecule has 0 aromatic carbocycles. The van der Waals surface area contributed by atoms with E-state index < -0.39 is 61.5 Å². The van der Waals surface area contributed by atoms with Gasteiger partial charge in [-0.1, -0.05) is 197 Å². The van der Waals surface area contributed by atoms with Gasteiger partial charge in [-0.2, -0.15) is 0 Å². The minimum Gasteiger partial charge on any atom is -0.394 e. The predicted molar refractivity (Wildman–Crippen MR) is 255 cm³/mol. The van der Waals surface area contributed by atoms with Gasteiger partial charge in [0.1, 0.15) is 30.5 Å². The van der Waals surface area contributed by atoms with Crippen molar-refractivity contribution in [1.82, 2.24) is 5.32 Å². The monoisotopic (exact) mass is 878 g/mol. The Hall–Kier alpha value is -1.89. The summed E-state index contributed by atoms with van der Waals surface area (Å²) in [5.41, 5.74) is 1.18. The summed E-state index contributed by atoms with van der Waals surface area (Å²) in [4.78, 5) is 13.1. The predicted octanol–water partition coefficient (Wildman–Crippen LogP) is 10.4. The van der Waals surface area contributed by atoms with Crippen molar-refractivity contribution in [2.24, 2.45) is 0 Å². The number of hydrogen-bond donors (Lipinski definition) is 7. The number of unbranched alkanes of at least 4 members (excludes halogenated alkanes) is 25. The molecule has 0 bridgehead atoms. The summed E-state index contributed by atoms with van der Waals surface area (Å²) in [7, 11) is 0.